The second-order valence-electron chi connectivity index (χ2n) is 8.50. The van der Waals surface area contributed by atoms with Crippen molar-refractivity contribution in [3.63, 3.8) is 0 Å². The molecule has 0 aromatic carbocycles. The predicted molar refractivity (Wildman–Crippen MR) is 135 cm³/mol. The molecule has 4 amide bonds. The van der Waals surface area contributed by atoms with E-state index in [0.29, 0.717) is 31.6 Å². The van der Waals surface area contributed by atoms with Crippen molar-refractivity contribution in [1.29, 1.82) is 0 Å². The van der Waals surface area contributed by atoms with E-state index in [0.717, 1.165) is 0 Å². The number of primary amides is 1. The maximum absolute atomic E-state index is 13.1. The molecular formula is C22H42N6O6S. The molecule has 0 aliphatic carbocycles. The van der Waals surface area contributed by atoms with Crippen LogP contribution in [-0.2, 0) is 24.0 Å². The lowest BCUT2D eigenvalue weighted by Gasteiger charge is -2.26. The number of nitrogens with one attached hydrogen (secondary N) is 3. The molecule has 202 valence electrons. The maximum Gasteiger partial charge on any atom is 0.326 e. The summed E-state index contributed by atoms with van der Waals surface area (Å²) >= 11 is 1.43. The van der Waals surface area contributed by atoms with E-state index in [1.54, 1.807) is 0 Å². The summed E-state index contributed by atoms with van der Waals surface area (Å²) in [7, 11) is 0. The quantitative estimate of drug-likeness (QED) is 0.105. The summed E-state index contributed by atoms with van der Waals surface area (Å²) in [5, 5.41) is 17.0. The molecule has 0 fully saturated rings. The number of carbonyl (C=O) groups is 5. The molecule has 0 saturated carbocycles. The molecule has 35 heavy (non-hydrogen) atoms. The normalized spacial score (nSPS) is 15.2. The topological polar surface area (TPSA) is 220 Å². The number of thioether (sulfide) groups is 1. The van der Waals surface area contributed by atoms with Crippen LogP contribution in [0.1, 0.15) is 58.8 Å². The molecule has 5 unspecified atom stereocenters. The molecule has 0 aliphatic heterocycles. The van der Waals surface area contributed by atoms with Gasteiger partial charge in [-0.25, -0.2) is 4.79 Å². The van der Waals surface area contributed by atoms with E-state index in [-0.39, 0.29) is 31.6 Å². The molecule has 0 aliphatic rings. The first kappa shape index (κ1) is 32.6. The average Bonchev–Trinajstić information content (AvgIpc) is 2.81. The molecule has 0 rings (SSSR count). The number of hydrogen-bond donors (Lipinski definition) is 7. The van der Waals surface area contributed by atoms with Crippen molar-refractivity contribution in [1.82, 2.24) is 16.0 Å². The zero-order chi connectivity index (χ0) is 27.0. The smallest absolute Gasteiger partial charge is 0.326 e. The fraction of sp³-hybridized carbons (Fsp3) is 0.773. The van der Waals surface area contributed by atoms with Gasteiger partial charge in [-0.3, -0.25) is 19.2 Å². The summed E-state index contributed by atoms with van der Waals surface area (Å²) in [5.74, 6) is -3.38. The molecule has 13 heteroatoms. The van der Waals surface area contributed by atoms with Gasteiger partial charge in [0.15, 0.2) is 0 Å². The van der Waals surface area contributed by atoms with Crippen LogP contribution in [-0.4, -0.2) is 77.4 Å². The van der Waals surface area contributed by atoms with Gasteiger partial charge in [-0.1, -0.05) is 20.3 Å². The molecule has 10 N–H and O–H groups in total. The highest BCUT2D eigenvalue weighted by atomic mass is 32.2. The van der Waals surface area contributed by atoms with Crippen LogP contribution >= 0.6 is 11.8 Å². The van der Waals surface area contributed by atoms with E-state index < -0.39 is 53.8 Å². The number of carboxylic acid groups (broad SMARTS) is 1. The van der Waals surface area contributed by atoms with Crippen LogP contribution in [0.3, 0.4) is 0 Å². The molecule has 0 radical (unpaired) electrons. The average molecular weight is 519 g/mol. The third-order valence-corrected chi connectivity index (χ3v) is 6.32. The van der Waals surface area contributed by atoms with E-state index in [1.807, 2.05) is 20.1 Å². The molecule has 0 bridgehead atoms. The van der Waals surface area contributed by atoms with Gasteiger partial charge in [0, 0.05) is 6.42 Å². The number of carboxylic acids is 1. The molecule has 0 saturated heterocycles. The lowest BCUT2D eigenvalue weighted by Crippen LogP contribution is -2.57. The monoisotopic (exact) mass is 518 g/mol. The van der Waals surface area contributed by atoms with Crippen LogP contribution in [0.4, 0.5) is 0 Å². The summed E-state index contributed by atoms with van der Waals surface area (Å²) in [6.45, 7) is 4.13. The van der Waals surface area contributed by atoms with Crippen molar-refractivity contribution in [2.75, 3.05) is 18.6 Å². The maximum atomic E-state index is 13.1. The standard InChI is InChI=1S/C22H42N6O6S/c1-4-13(2)18(25)21(32)27-14(7-5-6-11-23)19(30)26-15(8-9-17(24)29)20(31)28-16(22(33)34)10-12-35-3/h13-16,18H,4-12,23,25H2,1-3H3,(H2,24,29)(H,26,30)(H,27,32)(H,28,31)(H,33,34). The van der Waals surface area contributed by atoms with Gasteiger partial charge in [0.1, 0.15) is 18.1 Å². The number of unbranched alkanes of at least 4 members (excludes halogenated alkanes) is 1. The van der Waals surface area contributed by atoms with E-state index in [9.17, 15) is 29.1 Å². The zero-order valence-corrected chi connectivity index (χ0v) is 21.7. The minimum Gasteiger partial charge on any atom is -0.480 e. The fourth-order valence-electron chi connectivity index (χ4n) is 3.14. The van der Waals surface area contributed by atoms with Crippen molar-refractivity contribution in [3.05, 3.63) is 0 Å². The minimum atomic E-state index is -1.22. The second-order valence-corrected chi connectivity index (χ2v) is 9.49. The van der Waals surface area contributed by atoms with E-state index in [1.165, 1.54) is 11.8 Å². The Morgan fingerprint density at radius 1 is 0.886 bits per heavy atom. The lowest BCUT2D eigenvalue weighted by atomic mass is 9.98. The molecule has 0 aromatic rings. The first-order valence-corrected chi connectivity index (χ1v) is 13.2. The third-order valence-electron chi connectivity index (χ3n) is 5.68. The summed E-state index contributed by atoms with van der Waals surface area (Å²) < 4.78 is 0. The molecule has 5 atom stereocenters. The second kappa shape index (κ2) is 18.0. The van der Waals surface area contributed by atoms with Crippen molar-refractivity contribution in [3.8, 4) is 0 Å². The summed E-state index contributed by atoms with van der Waals surface area (Å²) in [5.41, 5.74) is 16.7. The van der Waals surface area contributed by atoms with Gasteiger partial charge in [-0.15, -0.1) is 0 Å². The molecule has 0 heterocycles. The first-order valence-electron chi connectivity index (χ1n) is 11.8. The van der Waals surface area contributed by atoms with Gasteiger partial charge >= 0.3 is 5.97 Å². The third kappa shape index (κ3) is 13.3. The highest BCUT2D eigenvalue weighted by Crippen LogP contribution is 2.09. The van der Waals surface area contributed by atoms with Crippen LogP contribution in [0, 0.1) is 5.92 Å². The first-order chi connectivity index (χ1) is 16.5. The Labute approximate surface area is 211 Å². The van der Waals surface area contributed by atoms with Crippen LogP contribution in [0.15, 0.2) is 0 Å². The fourth-order valence-corrected chi connectivity index (χ4v) is 3.61. The molecule has 0 aromatic heterocycles. The Kier molecular flexibility index (Phi) is 16.7. The van der Waals surface area contributed by atoms with Crippen LogP contribution < -0.4 is 33.2 Å². The van der Waals surface area contributed by atoms with Crippen molar-refractivity contribution < 1.29 is 29.1 Å². The van der Waals surface area contributed by atoms with E-state index >= 15 is 0 Å². The highest BCUT2D eigenvalue weighted by Gasteiger charge is 2.31. The van der Waals surface area contributed by atoms with Crippen LogP contribution in [0.5, 0.6) is 0 Å². The number of rotatable bonds is 19. The zero-order valence-electron chi connectivity index (χ0n) is 20.9. The molecule has 12 nitrogen and oxygen atoms in total. The minimum absolute atomic E-state index is 0.105. The Balaban J connectivity index is 5.57. The van der Waals surface area contributed by atoms with Crippen molar-refractivity contribution >= 4 is 41.4 Å². The van der Waals surface area contributed by atoms with Gasteiger partial charge < -0.3 is 38.3 Å². The Morgan fingerprint density at radius 3 is 1.91 bits per heavy atom. The summed E-state index contributed by atoms with van der Waals surface area (Å²) in [6, 6.07) is -4.17. The summed E-state index contributed by atoms with van der Waals surface area (Å²) in [4.78, 5) is 61.3. The summed E-state index contributed by atoms with van der Waals surface area (Å²) in [6.07, 6.45) is 3.77. The molecule has 0 spiro atoms. The van der Waals surface area contributed by atoms with Crippen LogP contribution in [0.2, 0.25) is 0 Å². The SMILES string of the molecule is CCC(C)C(N)C(=O)NC(CCCCN)C(=O)NC(CCC(N)=O)C(=O)NC(CCSC)C(=O)O. The van der Waals surface area contributed by atoms with E-state index in [4.69, 9.17) is 17.2 Å². The van der Waals surface area contributed by atoms with Gasteiger partial charge in [-0.05, 0) is 56.6 Å². The lowest BCUT2D eigenvalue weighted by molar-refractivity contribution is -0.142. The van der Waals surface area contributed by atoms with Crippen molar-refractivity contribution in [2.45, 2.75) is 83.0 Å². The number of aliphatic carboxylic acids is 1. The number of amides is 4. The van der Waals surface area contributed by atoms with Gasteiger partial charge in [0.2, 0.25) is 23.6 Å². The Morgan fingerprint density at radius 2 is 1.43 bits per heavy atom. The Bertz CT molecular complexity index is 710. The van der Waals surface area contributed by atoms with Gasteiger partial charge in [0.25, 0.3) is 0 Å². The highest BCUT2D eigenvalue weighted by molar-refractivity contribution is 7.98. The Hall–Kier alpha value is -2.38. The van der Waals surface area contributed by atoms with Gasteiger partial charge in [-0.2, -0.15) is 11.8 Å². The number of carbonyl (C=O) groups excluding carboxylic acids is 4. The molecular weight excluding hydrogens is 476 g/mol. The van der Waals surface area contributed by atoms with Gasteiger partial charge in [0.05, 0.1) is 6.04 Å². The van der Waals surface area contributed by atoms with Crippen LogP contribution in [0.25, 0.3) is 0 Å². The number of nitrogens with two attached hydrogens (primary N) is 3. The largest absolute Gasteiger partial charge is 0.480 e. The number of hydrogen-bond acceptors (Lipinski definition) is 8. The van der Waals surface area contributed by atoms with Crippen molar-refractivity contribution in [2.24, 2.45) is 23.1 Å². The predicted octanol–water partition coefficient (Wildman–Crippen LogP) is -0.954. The van der Waals surface area contributed by atoms with E-state index in [2.05, 4.69) is 16.0 Å².